The van der Waals surface area contributed by atoms with Crippen LogP contribution in [0, 0.1) is 5.82 Å². The molecule has 0 atom stereocenters. The number of nitrogens with zero attached hydrogens (tertiary/aromatic N) is 2. The first kappa shape index (κ1) is 14.2. The van der Waals surface area contributed by atoms with Gasteiger partial charge in [0.25, 0.3) is 10.0 Å². The van der Waals surface area contributed by atoms with E-state index in [0.717, 1.165) is 6.20 Å². The van der Waals surface area contributed by atoms with Gasteiger partial charge >= 0.3 is 0 Å². The molecule has 0 fully saturated rings. The molecule has 0 radical (unpaired) electrons. The van der Waals surface area contributed by atoms with Crippen LogP contribution < -0.4 is 10.0 Å². The molecule has 0 aliphatic heterocycles. The molecule has 0 aromatic carbocycles. The number of anilines is 2. The molecule has 2 heterocycles. The summed E-state index contributed by atoms with van der Waals surface area (Å²) in [6.45, 7) is 2.39. The average Bonchev–Trinajstić information content (AvgIpc) is 2.42. The normalized spacial score (nSPS) is 11.1. The van der Waals surface area contributed by atoms with Crippen molar-refractivity contribution < 1.29 is 12.8 Å². The molecule has 0 amide bonds. The molecule has 2 aromatic heterocycles. The summed E-state index contributed by atoms with van der Waals surface area (Å²) in [5.74, 6) is -0.745. The zero-order chi connectivity index (χ0) is 14.6. The smallest absolute Gasteiger partial charge is 0.265 e. The molecular weight excluding hydrogens is 283 g/mol. The van der Waals surface area contributed by atoms with Crippen molar-refractivity contribution in [1.82, 2.24) is 9.97 Å². The molecule has 0 spiro atoms. The van der Waals surface area contributed by atoms with E-state index in [-0.39, 0.29) is 10.6 Å². The molecule has 0 unspecified atom stereocenters. The predicted molar refractivity (Wildman–Crippen MR) is 73.4 cm³/mol. The van der Waals surface area contributed by atoms with Gasteiger partial charge in [-0.2, -0.15) is 0 Å². The first-order chi connectivity index (χ1) is 9.54. The van der Waals surface area contributed by atoms with Crippen LogP contribution in [0.15, 0.2) is 41.8 Å². The van der Waals surface area contributed by atoms with E-state index in [1.165, 1.54) is 24.7 Å². The largest absolute Gasteiger partial charge is 0.384 e. The van der Waals surface area contributed by atoms with Crippen molar-refractivity contribution in [3.8, 4) is 0 Å². The van der Waals surface area contributed by atoms with Crippen LogP contribution in [0.4, 0.5) is 15.8 Å². The van der Waals surface area contributed by atoms with Crippen molar-refractivity contribution in [2.45, 2.75) is 11.8 Å². The van der Waals surface area contributed by atoms with E-state index in [1.54, 1.807) is 6.07 Å². The zero-order valence-electron chi connectivity index (χ0n) is 10.7. The standard InChI is InChI=1S/C12H13FN4O2S/c1-2-16-11-4-6-15-8-12(11)20(18,19)17-10-3-5-14-7-9(10)13/h3-8H,2H2,1H3,(H,14,17)(H,15,16). The minimum Gasteiger partial charge on any atom is -0.384 e. The summed E-state index contributed by atoms with van der Waals surface area (Å²) in [6, 6.07) is 2.79. The first-order valence-electron chi connectivity index (χ1n) is 5.85. The number of sulfonamides is 1. The van der Waals surface area contributed by atoms with E-state index in [2.05, 4.69) is 20.0 Å². The summed E-state index contributed by atoms with van der Waals surface area (Å²) in [7, 11) is -3.93. The Morgan fingerprint density at radius 2 is 1.80 bits per heavy atom. The van der Waals surface area contributed by atoms with E-state index in [4.69, 9.17) is 0 Å². The van der Waals surface area contributed by atoms with Crippen molar-refractivity contribution in [1.29, 1.82) is 0 Å². The second kappa shape index (κ2) is 5.83. The Bertz CT molecular complexity index is 706. The Morgan fingerprint density at radius 1 is 1.15 bits per heavy atom. The van der Waals surface area contributed by atoms with E-state index < -0.39 is 15.8 Å². The lowest BCUT2D eigenvalue weighted by Gasteiger charge is -2.12. The maximum atomic E-state index is 13.5. The first-order valence-corrected chi connectivity index (χ1v) is 7.33. The summed E-state index contributed by atoms with van der Waals surface area (Å²) in [5.41, 5.74) is 0.246. The highest BCUT2D eigenvalue weighted by Gasteiger charge is 2.20. The third-order valence-electron chi connectivity index (χ3n) is 2.46. The van der Waals surface area contributed by atoms with Crippen LogP contribution in [0.1, 0.15) is 6.92 Å². The lowest BCUT2D eigenvalue weighted by atomic mass is 10.4. The van der Waals surface area contributed by atoms with Crippen LogP contribution >= 0.6 is 0 Å². The maximum absolute atomic E-state index is 13.5. The molecule has 2 rings (SSSR count). The zero-order valence-corrected chi connectivity index (χ0v) is 11.5. The van der Waals surface area contributed by atoms with Gasteiger partial charge < -0.3 is 5.32 Å². The molecule has 2 aromatic rings. The molecule has 0 bridgehead atoms. The Hall–Kier alpha value is -2.22. The Kier molecular flexibility index (Phi) is 4.14. The SMILES string of the molecule is CCNc1ccncc1S(=O)(=O)Nc1ccncc1F. The lowest BCUT2D eigenvalue weighted by Crippen LogP contribution is -2.16. The fourth-order valence-corrected chi connectivity index (χ4v) is 2.78. The fourth-order valence-electron chi connectivity index (χ4n) is 1.59. The quantitative estimate of drug-likeness (QED) is 0.879. The van der Waals surface area contributed by atoms with Crippen LogP contribution in [-0.4, -0.2) is 24.9 Å². The van der Waals surface area contributed by atoms with Crippen molar-refractivity contribution in [2.24, 2.45) is 0 Å². The monoisotopic (exact) mass is 296 g/mol. The number of hydrogen-bond donors (Lipinski definition) is 2. The van der Waals surface area contributed by atoms with E-state index in [9.17, 15) is 12.8 Å². The van der Waals surface area contributed by atoms with Crippen LogP contribution in [0.2, 0.25) is 0 Å². The molecule has 6 nitrogen and oxygen atoms in total. The highest BCUT2D eigenvalue weighted by Crippen LogP contribution is 2.23. The summed E-state index contributed by atoms with van der Waals surface area (Å²) in [5, 5.41) is 2.92. The van der Waals surface area contributed by atoms with Crippen LogP contribution in [0.3, 0.4) is 0 Å². The minimum atomic E-state index is -3.93. The van der Waals surface area contributed by atoms with E-state index in [0.29, 0.717) is 12.2 Å². The molecule has 2 N–H and O–H groups in total. The Balaban J connectivity index is 2.39. The maximum Gasteiger partial charge on any atom is 0.265 e. The van der Waals surface area contributed by atoms with Gasteiger partial charge in [-0.05, 0) is 19.1 Å². The van der Waals surface area contributed by atoms with Crippen LogP contribution in [-0.2, 0) is 10.0 Å². The van der Waals surface area contributed by atoms with Crippen molar-refractivity contribution in [3.05, 3.63) is 42.7 Å². The van der Waals surface area contributed by atoms with Gasteiger partial charge in [-0.15, -0.1) is 0 Å². The highest BCUT2D eigenvalue weighted by molar-refractivity contribution is 7.92. The highest BCUT2D eigenvalue weighted by atomic mass is 32.2. The van der Waals surface area contributed by atoms with Gasteiger partial charge in [0.05, 0.1) is 17.6 Å². The topological polar surface area (TPSA) is 84.0 Å². The van der Waals surface area contributed by atoms with Gasteiger partial charge in [-0.25, -0.2) is 12.8 Å². The van der Waals surface area contributed by atoms with Gasteiger partial charge in [-0.3, -0.25) is 14.7 Å². The molecule has 106 valence electrons. The second-order valence-corrected chi connectivity index (χ2v) is 5.51. The van der Waals surface area contributed by atoms with Crippen molar-refractivity contribution >= 4 is 21.4 Å². The molecule has 8 heteroatoms. The van der Waals surface area contributed by atoms with Gasteiger partial charge in [-0.1, -0.05) is 0 Å². The van der Waals surface area contributed by atoms with Gasteiger partial charge in [0.15, 0.2) is 5.82 Å². The summed E-state index contributed by atoms with van der Waals surface area (Å²) in [6.07, 6.45) is 4.92. The number of halogens is 1. The lowest BCUT2D eigenvalue weighted by molar-refractivity contribution is 0.598. The number of pyridine rings is 2. The Morgan fingerprint density at radius 3 is 2.45 bits per heavy atom. The van der Waals surface area contributed by atoms with Crippen molar-refractivity contribution in [3.63, 3.8) is 0 Å². The van der Waals surface area contributed by atoms with E-state index >= 15 is 0 Å². The predicted octanol–water partition coefficient (Wildman–Crippen LogP) is 1.85. The minimum absolute atomic E-state index is 0.0435. The molecule has 0 aliphatic rings. The van der Waals surface area contributed by atoms with Gasteiger partial charge in [0.2, 0.25) is 0 Å². The third-order valence-corrected chi connectivity index (χ3v) is 3.85. The summed E-state index contributed by atoms with van der Waals surface area (Å²) in [4.78, 5) is 7.31. The van der Waals surface area contributed by atoms with Gasteiger partial charge in [0.1, 0.15) is 4.90 Å². The van der Waals surface area contributed by atoms with Crippen LogP contribution in [0.5, 0.6) is 0 Å². The fraction of sp³-hybridized carbons (Fsp3) is 0.167. The average molecular weight is 296 g/mol. The number of nitrogens with one attached hydrogen (secondary N) is 2. The van der Waals surface area contributed by atoms with Crippen molar-refractivity contribution in [2.75, 3.05) is 16.6 Å². The number of rotatable bonds is 5. The Labute approximate surface area is 116 Å². The summed E-state index contributed by atoms with van der Waals surface area (Å²) < 4.78 is 40.2. The molecular formula is C12H13FN4O2S. The third kappa shape index (κ3) is 3.02. The molecule has 20 heavy (non-hydrogen) atoms. The van der Waals surface area contributed by atoms with Gasteiger partial charge in [0, 0.05) is 25.1 Å². The number of aromatic nitrogens is 2. The van der Waals surface area contributed by atoms with Crippen LogP contribution in [0.25, 0.3) is 0 Å². The summed E-state index contributed by atoms with van der Waals surface area (Å²) >= 11 is 0. The number of hydrogen-bond acceptors (Lipinski definition) is 5. The molecule has 0 saturated heterocycles. The molecule has 0 saturated carbocycles. The van der Waals surface area contributed by atoms with E-state index in [1.807, 2.05) is 6.92 Å². The molecule has 0 aliphatic carbocycles. The second-order valence-electron chi connectivity index (χ2n) is 3.86.